The summed E-state index contributed by atoms with van der Waals surface area (Å²) in [6, 6.07) is 7.24. The van der Waals surface area contributed by atoms with Crippen molar-refractivity contribution in [3.8, 4) is 11.5 Å². The van der Waals surface area contributed by atoms with E-state index >= 15 is 0 Å². The molecule has 4 aliphatic carbocycles. The van der Waals surface area contributed by atoms with Gasteiger partial charge in [0.15, 0.2) is 0 Å². The Balaban J connectivity index is 1.08. The van der Waals surface area contributed by atoms with Crippen molar-refractivity contribution in [3.63, 3.8) is 0 Å². The van der Waals surface area contributed by atoms with Crippen LogP contribution in [0.25, 0.3) is 11.5 Å². The van der Waals surface area contributed by atoms with Crippen LogP contribution in [0.4, 0.5) is 0 Å². The summed E-state index contributed by atoms with van der Waals surface area (Å²) in [4.78, 5) is 12.3. The Kier molecular flexibility index (Phi) is 5.33. The normalized spacial score (nSPS) is 29.9. The Morgan fingerprint density at radius 2 is 1.76 bits per heavy atom. The van der Waals surface area contributed by atoms with Gasteiger partial charge >= 0.3 is 0 Å². The first-order valence-corrected chi connectivity index (χ1v) is 11.9. The SMILES string of the molecule is O=C(CSc1nnc(-c2ccc(Cl)cc2)o1)NCCC12CC3CC(CC(C3)C1)C2. The monoisotopic (exact) mass is 431 g/mol. The van der Waals surface area contributed by atoms with Crippen molar-refractivity contribution in [1.82, 2.24) is 15.5 Å². The lowest BCUT2D eigenvalue weighted by molar-refractivity contribution is -0.119. The van der Waals surface area contributed by atoms with Gasteiger partial charge in [-0.25, -0.2) is 0 Å². The van der Waals surface area contributed by atoms with Crippen molar-refractivity contribution >= 4 is 29.3 Å². The third-order valence-electron chi connectivity index (χ3n) is 6.97. The molecule has 4 bridgehead atoms. The molecule has 1 aromatic carbocycles. The van der Waals surface area contributed by atoms with Gasteiger partial charge in [-0.3, -0.25) is 4.79 Å². The van der Waals surface area contributed by atoms with Crippen LogP contribution in [0.5, 0.6) is 0 Å². The minimum atomic E-state index is 0.0333. The van der Waals surface area contributed by atoms with E-state index in [0.29, 0.717) is 27.3 Å². The van der Waals surface area contributed by atoms with E-state index in [2.05, 4.69) is 15.5 Å². The number of carbonyl (C=O) groups excluding carboxylic acids is 1. The molecule has 29 heavy (non-hydrogen) atoms. The standard InChI is InChI=1S/C22H26ClN3O2S/c23-18-3-1-17(2-4-18)20-25-26-21(28-20)29-13-19(27)24-6-5-22-10-14-7-15(11-22)9-16(8-14)12-22/h1-4,14-16H,5-13H2,(H,24,27). The van der Waals surface area contributed by atoms with E-state index < -0.39 is 0 Å². The van der Waals surface area contributed by atoms with Crippen molar-refractivity contribution in [3.05, 3.63) is 29.3 Å². The maximum atomic E-state index is 12.3. The Bertz CT molecular complexity index is 847. The average Bonchev–Trinajstić information content (AvgIpc) is 3.15. The summed E-state index contributed by atoms with van der Waals surface area (Å²) >= 11 is 7.18. The zero-order chi connectivity index (χ0) is 19.8. The third kappa shape index (κ3) is 4.33. The van der Waals surface area contributed by atoms with E-state index in [1.807, 2.05) is 12.1 Å². The molecule has 1 aromatic heterocycles. The highest BCUT2D eigenvalue weighted by atomic mass is 35.5. The van der Waals surface area contributed by atoms with Crippen LogP contribution in [-0.2, 0) is 4.79 Å². The number of hydrogen-bond donors (Lipinski definition) is 1. The molecule has 6 rings (SSSR count). The molecular weight excluding hydrogens is 406 g/mol. The number of nitrogens with zero attached hydrogens (tertiary/aromatic N) is 2. The van der Waals surface area contributed by atoms with Crippen molar-refractivity contribution in [2.75, 3.05) is 12.3 Å². The maximum absolute atomic E-state index is 12.3. The highest BCUT2D eigenvalue weighted by Crippen LogP contribution is 2.61. The first-order valence-electron chi connectivity index (χ1n) is 10.6. The van der Waals surface area contributed by atoms with Crippen LogP contribution in [0.3, 0.4) is 0 Å². The van der Waals surface area contributed by atoms with Gasteiger partial charge in [0, 0.05) is 17.1 Å². The highest BCUT2D eigenvalue weighted by molar-refractivity contribution is 7.99. The van der Waals surface area contributed by atoms with Gasteiger partial charge in [0.1, 0.15) is 0 Å². The Labute approximate surface area is 180 Å². The van der Waals surface area contributed by atoms with Crippen molar-refractivity contribution in [2.45, 2.75) is 50.2 Å². The van der Waals surface area contributed by atoms with Gasteiger partial charge in [-0.2, -0.15) is 0 Å². The number of aromatic nitrogens is 2. The molecule has 0 aliphatic heterocycles. The molecule has 154 valence electrons. The highest BCUT2D eigenvalue weighted by Gasteiger charge is 2.50. The number of nitrogens with one attached hydrogen (secondary N) is 1. The number of carbonyl (C=O) groups is 1. The number of amides is 1. The van der Waals surface area contributed by atoms with Crippen molar-refractivity contribution in [2.24, 2.45) is 23.2 Å². The maximum Gasteiger partial charge on any atom is 0.277 e. The topological polar surface area (TPSA) is 68.0 Å². The van der Waals surface area contributed by atoms with E-state index in [0.717, 1.165) is 36.3 Å². The molecule has 0 saturated heterocycles. The molecular formula is C22H26ClN3O2S. The number of halogens is 1. The third-order valence-corrected chi connectivity index (χ3v) is 8.04. The smallest absolute Gasteiger partial charge is 0.277 e. The molecule has 4 aliphatic rings. The Morgan fingerprint density at radius 3 is 2.41 bits per heavy atom. The first kappa shape index (κ1) is 19.4. The molecule has 0 spiro atoms. The summed E-state index contributed by atoms with van der Waals surface area (Å²) < 4.78 is 5.65. The van der Waals surface area contributed by atoms with Crippen LogP contribution in [0.15, 0.2) is 33.9 Å². The molecule has 5 nitrogen and oxygen atoms in total. The average molecular weight is 432 g/mol. The molecule has 4 fully saturated rings. The number of rotatable bonds is 7. The van der Waals surface area contributed by atoms with E-state index in [-0.39, 0.29) is 5.91 Å². The second-order valence-electron chi connectivity index (χ2n) is 9.19. The summed E-state index contributed by atoms with van der Waals surface area (Å²) in [7, 11) is 0. The molecule has 1 heterocycles. The molecule has 0 unspecified atom stereocenters. The van der Waals surface area contributed by atoms with Crippen LogP contribution < -0.4 is 5.32 Å². The number of benzene rings is 1. The Morgan fingerprint density at radius 1 is 1.10 bits per heavy atom. The van der Waals surface area contributed by atoms with E-state index in [1.54, 1.807) is 12.1 Å². The molecule has 0 radical (unpaired) electrons. The summed E-state index contributed by atoms with van der Waals surface area (Å²) in [5.41, 5.74) is 1.32. The predicted molar refractivity (Wildman–Crippen MR) is 114 cm³/mol. The van der Waals surface area contributed by atoms with E-state index in [1.165, 1.54) is 50.3 Å². The van der Waals surface area contributed by atoms with Gasteiger partial charge < -0.3 is 9.73 Å². The van der Waals surface area contributed by atoms with E-state index in [9.17, 15) is 4.79 Å². The second kappa shape index (κ2) is 7.95. The quantitative estimate of drug-likeness (QED) is 0.610. The van der Waals surface area contributed by atoms with Crippen LogP contribution >= 0.6 is 23.4 Å². The second-order valence-corrected chi connectivity index (χ2v) is 10.5. The largest absolute Gasteiger partial charge is 0.411 e. The summed E-state index contributed by atoms with van der Waals surface area (Å²) in [6.07, 6.45) is 9.69. The lowest BCUT2D eigenvalue weighted by Gasteiger charge is -2.57. The van der Waals surface area contributed by atoms with Crippen LogP contribution in [0.1, 0.15) is 44.9 Å². The fraction of sp³-hybridized carbons (Fsp3) is 0.591. The zero-order valence-electron chi connectivity index (χ0n) is 16.4. The summed E-state index contributed by atoms with van der Waals surface area (Å²) in [5.74, 6) is 3.64. The minimum Gasteiger partial charge on any atom is -0.411 e. The van der Waals surface area contributed by atoms with Gasteiger partial charge in [0.2, 0.25) is 11.8 Å². The Hall–Kier alpha value is -1.53. The van der Waals surface area contributed by atoms with Gasteiger partial charge in [0.25, 0.3) is 5.22 Å². The van der Waals surface area contributed by atoms with Crippen molar-refractivity contribution < 1.29 is 9.21 Å². The molecule has 2 aromatic rings. The molecule has 4 saturated carbocycles. The van der Waals surface area contributed by atoms with Crippen LogP contribution in [-0.4, -0.2) is 28.4 Å². The number of thioether (sulfide) groups is 1. The lowest BCUT2D eigenvalue weighted by Crippen LogP contribution is -2.47. The fourth-order valence-corrected chi connectivity index (χ4v) is 6.94. The number of hydrogen-bond acceptors (Lipinski definition) is 5. The lowest BCUT2D eigenvalue weighted by atomic mass is 9.49. The predicted octanol–water partition coefficient (Wildman–Crippen LogP) is 5.20. The van der Waals surface area contributed by atoms with Gasteiger partial charge in [0.05, 0.1) is 5.75 Å². The van der Waals surface area contributed by atoms with Gasteiger partial charge in [-0.05, 0) is 92.4 Å². The zero-order valence-corrected chi connectivity index (χ0v) is 18.0. The van der Waals surface area contributed by atoms with Crippen LogP contribution in [0, 0.1) is 23.2 Å². The summed E-state index contributed by atoms with van der Waals surface area (Å²) in [5, 5.41) is 12.3. The fourth-order valence-electron chi connectivity index (χ4n) is 6.22. The summed E-state index contributed by atoms with van der Waals surface area (Å²) in [6.45, 7) is 0.783. The van der Waals surface area contributed by atoms with Crippen LogP contribution in [0.2, 0.25) is 5.02 Å². The minimum absolute atomic E-state index is 0.0333. The van der Waals surface area contributed by atoms with Gasteiger partial charge in [-0.15, -0.1) is 10.2 Å². The molecule has 7 heteroatoms. The molecule has 0 atom stereocenters. The molecule has 1 N–H and O–H groups in total. The van der Waals surface area contributed by atoms with Gasteiger partial charge in [-0.1, -0.05) is 23.4 Å². The molecule has 1 amide bonds. The van der Waals surface area contributed by atoms with E-state index in [4.69, 9.17) is 16.0 Å². The first-order chi connectivity index (χ1) is 14.1. The van der Waals surface area contributed by atoms with Crippen molar-refractivity contribution in [1.29, 1.82) is 0 Å².